The third-order valence-electron chi connectivity index (χ3n) is 6.99. The van der Waals surface area contributed by atoms with E-state index in [0.717, 1.165) is 36.2 Å². The fourth-order valence-corrected chi connectivity index (χ4v) is 5.44. The van der Waals surface area contributed by atoms with Crippen molar-refractivity contribution in [3.63, 3.8) is 0 Å². The van der Waals surface area contributed by atoms with Gasteiger partial charge in [-0.2, -0.15) is 0 Å². The summed E-state index contributed by atoms with van der Waals surface area (Å²) in [4.78, 5) is 0. The van der Waals surface area contributed by atoms with Crippen molar-refractivity contribution in [3.8, 4) is 11.1 Å². The van der Waals surface area contributed by atoms with Gasteiger partial charge < -0.3 is 0 Å². The Morgan fingerprint density at radius 3 is 2.48 bits per heavy atom. The van der Waals surface area contributed by atoms with Gasteiger partial charge in [-0.25, -0.2) is 8.78 Å². The highest BCUT2D eigenvalue weighted by Crippen LogP contribution is 2.41. The average Bonchev–Trinajstić information content (AvgIpc) is 2.70. The van der Waals surface area contributed by atoms with E-state index in [2.05, 4.69) is 19.1 Å². The molecule has 2 aromatic rings. The molecule has 0 nitrogen and oxygen atoms in total. The Hall–Kier alpha value is -1.70. The van der Waals surface area contributed by atoms with E-state index in [9.17, 15) is 8.78 Å². The third kappa shape index (κ3) is 3.95. The Kier molecular flexibility index (Phi) is 5.61. The summed E-state index contributed by atoms with van der Waals surface area (Å²) in [5.74, 6) is 1.13. The van der Waals surface area contributed by atoms with E-state index >= 15 is 0 Å². The minimum absolute atomic E-state index is 0.370. The van der Waals surface area contributed by atoms with E-state index in [1.165, 1.54) is 62.1 Å². The van der Waals surface area contributed by atoms with Gasteiger partial charge in [0.05, 0.1) is 0 Å². The van der Waals surface area contributed by atoms with Crippen molar-refractivity contribution in [1.82, 2.24) is 0 Å². The normalized spacial score (nSPS) is 25.2. The summed E-state index contributed by atoms with van der Waals surface area (Å²) >= 11 is 0. The molecule has 0 N–H and O–H groups in total. The molecule has 4 rings (SSSR count). The van der Waals surface area contributed by atoms with Crippen LogP contribution in [0.25, 0.3) is 11.1 Å². The Morgan fingerprint density at radius 2 is 1.70 bits per heavy atom. The van der Waals surface area contributed by atoms with Gasteiger partial charge in [-0.1, -0.05) is 62.9 Å². The number of hydrogen-bond acceptors (Lipinski definition) is 0. The fourth-order valence-electron chi connectivity index (χ4n) is 5.44. The molecule has 27 heavy (non-hydrogen) atoms. The Bertz CT molecular complexity index is 787. The van der Waals surface area contributed by atoms with Crippen LogP contribution in [-0.2, 0) is 12.8 Å². The lowest BCUT2D eigenvalue weighted by Crippen LogP contribution is -2.26. The highest BCUT2D eigenvalue weighted by molar-refractivity contribution is 5.66. The maximum Gasteiger partial charge on any atom is 0.166 e. The highest BCUT2D eigenvalue weighted by atomic mass is 19.2. The fraction of sp³-hybridized carbons (Fsp3) is 0.520. The predicted octanol–water partition coefficient (Wildman–Crippen LogP) is 7.34. The molecule has 0 aromatic heterocycles. The molecular formula is C25H30F2. The zero-order valence-corrected chi connectivity index (χ0v) is 16.3. The smallest absolute Gasteiger partial charge is 0.166 e. The van der Waals surface area contributed by atoms with Crippen molar-refractivity contribution in [2.75, 3.05) is 0 Å². The summed E-state index contributed by atoms with van der Waals surface area (Å²) < 4.78 is 27.7. The van der Waals surface area contributed by atoms with Crippen LogP contribution < -0.4 is 0 Å². The second kappa shape index (κ2) is 8.12. The van der Waals surface area contributed by atoms with Crippen LogP contribution in [0.2, 0.25) is 0 Å². The lowest BCUT2D eigenvalue weighted by Gasteiger charge is -2.36. The molecule has 0 spiro atoms. The summed E-state index contributed by atoms with van der Waals surface area (Å²) in [7, 11) is 0. The van der Waals surface area contributed by atoms with Gasteiger partial charge in [0.25, 0.3) is 0 Å². The molecule has 2 heteroatoms. The Labute approximate surface area is 162 Å². The number of hydrogen-bond donors (Lipinski definition) is 0. The molecule has 0 saturated heterocycles. The molecule has 144 valence electrons. The minimum atomic E-state index is -0.774. The van der Waals surface area contributed by atoms with Gasteiger partial charge in [0.15, 0.2) is 11.6 Å². The Balaban J connectivity index is 1.46. The van der Waals surface area contributed by atoms with Crippen LogP contribution in [0.1, 0.15) is 63.0 Å². The van der Waals surface area contributed by atoms with Crippen molar-refractivity contribution < 1.29 is 8.78 Å². The average molecular weight is 369 g/mol. The number of rotatable bonds is 4. The van der Waals surface area contributed by atoms with E-state index in [4.69, 9.17) is 0 Å². The van der Waals surface area contributed by atoms with Crippen LogP contribution in [0, 0.1) is 29.4 Å². The van der Waals surface area contributed by atoms with Gasteiger partial charge in [0.1, 0.15) is 0 Å². The van der Waals surface area contributed by atoms with Crippen molar-refractivity contribution in [1.29, 1.82) is 0 Å². The lowest BCUT2D eigenvalue weighted by atomic mass is 9.69. The van der Waals surface area contributed by atoms with Gasteiger partial charge in [-0.05, 0) is 72.6 Å². The lowest BCUT2D eigenvalue weighted by molar-refractivity contribution is 0.184. The summed E-state index contributed by atoms with van der Waals surface area (Å²) in [6, 6.07) is 10.6. The second-order valence-corrected chi connectivity index (χ2v) is 8.66. The van der Waals surface area contributed by atoms with Gasteiger partial charge in [-0.15, -0.1) is 0 Å². The highest BCUT2D eigenvalue weighted by Gasteiger charge is 2.30. The molecule has 0 aliphatic heterocycles. The molecule has 0 amide bonds. The molecule has 1 fully saturated rings. The first-order valence-electron chi connectivity index (χ1n) is 10.7. The standard InChI is InChI=1S/C25H30F2/c1-2-4-17-7-9-18(10-8-17)19-11-12-21-16-22(14-13-20(21)15-19)23-5-3-6-24(26)25(23)27/h3,5-6,13-14,16-19H,2,4,7-12,15H2,1H3. The van der Waals surface area contributed by atoms with Crippen LogP contribution in [0.15, 0.2) is 36.4 Å². The van der Waals surface area contributed by atoms with Crippen LogP contribution in [0.5, 0.6) is 0 Å². The van der Waals surface area contributed by atoms with E-state index < -0.39 is 11.6 Å². The largest absolute Gasteiger partial charge is 0.204 e. The summed E-state index contributed by atoms with van der Waals surface area (Å²) in [5.41, 5.74) is 3.91. The minimum Gasteiger partial charge on any atom is -0.204 e. The van der Waals surface area contributed by atoms with E-state index in [-0.39, 0.29) is 0 Å². The molecule has 2 aromatic carbocycles. The zero-order valence-electron chi connectivity index (χ0n) is 16.3. The molecular weight excluding hydrogens is 338 g/mol. The number of benzene rings is 2. The molecule has 2 aliphatic carbocycles. The van der Waals surface area contributed by atoms with Gasteiger partial charge in [0, 0.05) is 5.56 Å². The first-order valence-corrected chi connectivity index (χ1v) is 10.7. The van der Waals surface area contributed by atoms with Gasteiger partial charge >= 0.3 is 0 Å². The molecule has 2 aliphatic rings. The monoisotopic (exact) mass is 368 g/mol. The van der Waals surface area contributed by atoms with E-state index in [1.807, 2.05) is 6.07 Å². The maximum absolute atomic E-state index is 14.1. The maximum atomic E-state index is 14.1. The third-order valence-corrected chi connectivity index (χ3v) is 6.99. The number of halogens is 2. The van der Waals surface area contributed by atoms with Crippen LogP contribution in [0.4, 0.5) is 8.78 Å². The predicted molar refractivity (Wildman–Crippen MR) is 108 cm³/mol. The van der Waals surface area contributed by atoms with Crippen LogP contribution in [-0.4, -0.2) is 0 Å². The van der Waals surface area contributed by atoms with Crippen molar-refractivity contribution in [2.24, 2.45) is 17.8 Å². The van der Waals surface area contributed by atoms with Crippen molar-refractivity contribution in [2.45, 2.75) is 64.7 Å². The first kappa shape index (κ1) is 18.7. The van der Waals surface area contributed by atoms with E-state index in [1.54, 1.807) is 12.1 Å². The summed E-state index contributed by atoms with van der Waals surface area (Å²) in [6.45, 7) is 2.30. The summed E-state index contributed by atoms with van der Waals surface area (Å²) in [6.07, 6.45) is 11.8. The molecule has 0 bridgehead atoms. The van der Waals surface area contributed by atoms with Crippen LogP contribution >= 0.6 is 0 Å². The SMILES string of the molecule is CCCC1CCC(C2CCc3cc(-c4cccc(F)c4F)ccc3C2)CC1. The van der Waals surface area contributed by atoms with Crippen molar-refractivity contribution in [3.05, 3.63) is 59.2 Å². The second-order valence-electron chi connectivity index (χ2n) is 8.66. The number of aryl methyl sites for hydroxylation is 1. The molecule has 1 unspecified atom stereocenters. The van der Waals surface area contributed by atoms with Gasteiger partial charge in [0.2, 0.25) is 0 Å². The summed E-state index contributed by atoms with van der Waals surface area (Å²) in [5, 5.41) is 0. The Morgan fingerprint density at radius 1 is 0.889 bits per heavy atom. The first-order chi connectivity index (χ1) is 13.2. The number of fused-ring (bicyclic) bond motifs is 1. The molecule has 0 heterocycles. The van der Waals surface area contributed by atoms with Crippen LogP contribution in [0.3, 0.4) is 0 Å². The van der Waals surface area contributed by atoms with Gasteiger partial charge in [-0.3, -0.25) is 0 Å². The quantitative estimate of drug-likeness (QED) is 0.529. The topological polar surface area (TPSA) is 0 Å². The zero-order chi connectivity index (χ0) is 18.8. The molecule has 1 atom stereocenters. The van der Waals surface area contributed by atoms with Crippen molar-refractivity contribution >= 4 is 0 Å². The molecule has 0 radical (unpaired) electrons. The molecule has 1 saturated carbocycles. The van der Waals surface area contributed by atoms with E-state index in [0.29, 0.717) is 5.56 Å².